The fourth-order valence-corrected chi connectivity index (χ4v) is 3.84. The predicted molar refractivity (Wildman–Crippen MR) is 88.4 cm³/mol. The Kier molecular flexibility index (Phi) is 4.63. The molecule has 0 aromatic heterocycles. The minimum atomic E-state index is 0.166. The van der Waals surface area contributed by atoms with Gasteiger partial charge < -0.3 is 5.73 Å². The molecule has 0 aliphatic carbocycles. The molecule has 2 fully saturated rings. The Bertz CT molecular complexity index is 456. The summed E-state index contributed by atoms with van der Waals surface area (Å²) in [6.45, 7) is 9.41. The molecule has 3 heteroatoms. The Hall–Kier alpha value is -0.900. The normalized spacial score (nSPS) is 28.5. The van der Waals surface area contributed by atoms with E-state index in [0.29, 0.717) is 6.04 Å². The summed E-state index contributed by atoms with van der Waals surface area (Å²) >= 11 is 0. The molecule has 0 bridgehead atoms. The Morgan fingerprint density at radius 3 is 2.76 bits per heavy atom. The van der Waals surface area contributed by atoms with Gasteiger partial charge in [0.1, 0.15) is 0 Å². The van der Waals surface area contributed by atoms with Crippen molar-refractivity contribution in [3.8, 4) is 0 Å². The number of aryl methyl sites for hydroxylation is 1. The van der Waals surface area contributed by atoms with E-state index in [-0.39, 0.29) is 6.04 Å². The fourth-order valence-electron chi connectivity index (χ4n) is 3.84. The number of piperazine rings is 1. The van der Waals surface area contributed by atoms with E-state index in [2.05, 4.69) is 47.9 Å². The lowest BCUT2D eigenvalue weighted by Crippen LogP contribution is -2.55. The molecule has 3 nitrogen and oxygen atoms in total. The predicted octanol–water partition coefficient (Wildman–Crippen LogP) is 2.55. The van der Waals surface area contributed by atoms with Crippen molar-refractivity contribution < 1.29 is 0 Å². The fraction of sp³-hybridized carbons (Fsp3) is 0.667. The number of nitrogens with two attached hydrogens (primary N) is 1. The SMILES string of the molecule is Cc1ccc(C(N)CCN2CC3CCCN3CC2C)cc1. The van der Waals surface area contributed by atoms with E-state index < -0.39 is 0 Å². The first-order valence-electron chi connectivity index (χ1n) is 8.44. The van der Waals surface area contributed by atoms with Gasteiger partial charge in [0.05, 0.1) is 0 Å². The number of nitrogens with zero attached hydrogens (tertiary/aromatic N) is 2. The Balaban J connectivity index is 1.53. The van der Waals surface area contributed by atoms with Crippen molar-refractivity contribution in [2.45, 2.75) is 51.2 Å². The lowest BCUT2D eigenvalue weighted by molar-refractivity contribution is 0.0575. The number of rotatable bonds is 4. The van der Waals surface area contributed by atoms with Gasteiger partial charge in [0.25, 0.3) is 0 Å². The molecule has 2 aliphatic heterocycles. The van der Waals surface area contributed by atoms with Crippen LogP contribution in [0.15, 0.2) is 24.3 Å². The molecular weight excluding hydrogens is 258 g/mol. The molecule has 1 aromatic rings. The van der Waals surface area contributed by atoms with E-state index in [0.717, 1.165) is 19.0 Å². The van der Waals surface area contributed by atoms with Crippen LogP contribution >= 0.6 is 0 Å². The molecule has 0 radical (unpaired) electrons. The van der Waals surface area contributed by atoms with Gasteiger partial charge in [-0.05, 0) is 45.2 Å². The first-order valence-corrected chi connectivity index (χ1v) is 8.44. The number of benzene rings is 1. The molecule has 0 amide bonds. The Labute approximate surface area is 129 Å². The third kappa shape index (κ3) is 3.47. The average Bonchev–Trinajstić information content (AvgIpc) is 2.92. The first kappa shape index (κ1) is 15.0. The molecule has 2 aliphatic rings. The molecule has 21 heavy (non-hydrogen) atoms. The Morgan fingerprint density at radius 1 is 1.24 bits per heavy atom. The quantitative estimate of drug-likeness (QED) is 0.924. The maximum Gasteiger partial charge on any atom is 0.0307 e. The second-order valence-electron chi connectivity index (χ2n) is 6.94. The van der Waals surface area contributed by atoms with Crippen molar-refractivity contribution in [1.29, 1.82) is 0 Å². The maximum atomic E-state index is 6.38. The van der Waals surface area contributed by atoms with Crippen LogP contribution in [0.2, 0.25) is 0 Å². The van der Waals surface area contributed by atoms with Crippen LogP contribution in [0.1, 0.15) is 43.4 Å². The smallest absolute Gasteiger partial charge is 0.0307 e. The standard InChI is InChI=1S/C18H29N3/c1-14-5-7-16(8-6-14)18(19)9-11-20-13-17-4-3-10-21(17)12-15(20)2/h5-8,15,17-18H,3-4,9-13,19H2,1-2H3. The molecule has 3 rings (SSSR count). The van der Waals surface area contributed by atoms with Gasteiger partial charge in [-0.15, -0.1) is 0 Å². The summed E-state index contributed by atoms with van der Waals surface area (Å²) in [6.07, 6.45) is 3.82. The second kappa shape index (κ2) is 6.47. The highest BCUT2D eigenvalue weighted by molar-refractivity contribution is 5.23. The van der Waals surface area contributed by atoms with Gasteiger partial charge >= 0.3 is 0 Å². The summed E-state index contributed by atoms with van der Waals surface area (Å²) < 4.78 is 0. The van der Waals surface area contributed by atoms with Gasteiger partial charge in [0, 0.05) is 37.8 Å². The highest BCUT2D eigenvalue weighted by Gasteiger charge is 2.34. The first-order chi connectivity index (χ1) is 10.1. The minimum absolute atomic E-state index is 0.166. The summed E-state index contributed by atoms with van der Waals surface area (Å²) in [5, 5.41) is 0. The molecular formula is C18H29N3. The molecule has 1 aromatic carbocycles. The van der Waals surface area contributed by atoms with Crippen LogP contribution in [0, 0.1) is 6.92 Å². The third-order valence-corrected chi connectivity index (χ3v) is 5.30. The van der Waals surface area contributed by atoms with Crippen LogP contribution < -0.4 is 5.73 Å². The lowest BCUT2D eigenvalue weighted by Gasteiger charge is -2.42. The zero-order chi connectivity index (χ0) is 14.8. The van der Waals surface area contributed by atoms with Crippen LogP contribution in [0.3, 0.4) is 0 Å². The van der Waals surface area contributed by atoms with Gasteiger partial charge in [0.15, 0.2) is 0 Å². The molecule has 0 saturated carbocycles. The molecule has 2 N–H and O–H groups in total. The maximum absolute atomic E-state index is 6.38. The number of hydrogen-bond acceptors (Lipinski definition) is 3. The largest absolute Gasteiger partial charge is 0.324 e. The highest BCUT2D eigenvalue weighted by Crippen LogP contribution is 2.25. The van der Waals surface area contributed by atoms with Crippen LogP contribution in [0.4, 0.5) is 0 Å². The van der Waals surface area contributed by atoms with Gasteiger partial charge in [-0.2, -0.15) is 0 Å². The van der Waals surface area contributed by atoms with Crippen molar-refractivity contribution in [3.05, 3.63) is 35.4 Å². The monoisotopic (exact) mass is 287 g/mol. The van der Waals surface area contributed by atoms with Crippen LogP contribution in [0.25, 0.3) is 0 Å². The summed E-state index contributed by atoms with van der Waals surface area (Å²) in [5.74, 6) is 0. The summed E-state index contributed by atoms with van der Waals surface area (Å²) in [6, 6.07) is 10.3. The Morgan fingerprint density at radius 2 is 2.00 bits per heavy atom. The zero-order valence-corrected chi connectivity index (χ0v) is 13.5. The molecule has 3 atom stereocenters. The molecule has 2 heterocycles. The van der Waals surface area contributed by atoms with Crippen molar-refractivity contribution in [2.75, 3.05) is 26.2 Å². The van der Waals surface area contributed by atoms with E-state index in [1.54, 1.807) is 0 Å². The molecule has 116 valence electrons. The topological polar surface area (TPSA) is 32.5 Å². The average molecular weight is 287 g/mol. The van der Waals surface area contributed by atoms with Gasteiger partial charge in [-0.1, -0.05) is 29.8 Å². The summed E-state index contributed by atoms with van der Waals surface area (Å²) in [5.41, 5.74) is 8.95. The van der Waals surface area contributed by atoms with Gasteiger partial charge in [-0.25, -0.2) is 0 Å². The van der Waals surface area contributed by atoms with E-state index in [1.807, 2.05) is 0 Å². The highest BCUT2D eigenvalue weighted by atomic mass is 15.3. The van der Waals surface area contributed by atoms with Gasteiger partial charge in [-0.3, -0.25) is 9.80 Å². The number of hydrogen-bond donors (Lipinski definition) is 1. The number of fused-ring (bicyclic) bond motifs is 1. The second-order valence-corrected chi connectivity index (χ2v) is 6.94. The summed E-state index contributed by atoms with van der Waals surface area (Å²) in [7, 11) is 0. The van der Waals surface area contributed by atoms with Crippen molar-refractivity contribution in [3.63, 3.8) is 0 Å². The van der Waals surface area contributed by atoms with E-state index in [9.17, 15) is 0 Å². The van der Waals surface area contributed by atoms with Gasteiger partial charge in [0.2, 0.25) is 0 Å². The van der Waals surface area contributed by atoms with Crippen LogP contribution in [-0.2, 0) is 0 Å². The lowest BCUT2D eigenvalue weighted by atomic mass is 10.0. The van der Waals surface area contributed by atoms with Crippen LogP contribution in [-0.4, -0.2) is 48.1 Å². The van der Waals surface area contributed by atoms with Crippen molar-refractivity contribution in [1.82, 2.24) is 9.80 Å². The van der Waals surface area contributed by atoms with Crippen molar-refractivity contribution >= 4 is 0 Å². The minimum Gasteiger partial charge on any atom is -0.324 e. The molecule has 2 saturated heterocycles. The summed E-state index contributed by atoms with van der Waals surface area (Å²) in [4.78, 5) is 5.33. The third-order valence-electron chi connectivity index (χ3n) is 5.30. The van der Waals surface area contributed by atoms with E-state index >= 15 is 0 Å². The molecule has 0 spiro atoms. The van der Waals surface area contributed by atoms with E-state index in [4.69, 9.17) is 5.73 Å². The van der Waals surface area contributed by atoms with Crippen LogP contribution in [0.5, 0.6) is 0 Å². The zero-order valence-electron chi connectivity index (χ0n) is 13.5. The van der Waals surface area contributed by atoms with Crippen molar-refractivity contribution in [2.24, 2.45) is 5.73 Å². The van der Waals surface area contributed by atoms with E-state index in [1.165, 1.54) is 43.6 Å². The molecule has 3 unspecified atom stereocenters.